The molecule has 1 aliphatic heterocycles. The SMILES string of the molecule is COc1ccccc1N1CCN(CC(O)COc2cc(C)c(OCc3ccccc3)c3ccccc23)CC1.Cl.Cl. The Hall–Kier alpha value is -3.16. The summed E-state index contributed by atoms with van der Waals surface area (Å²) in [6.07, 6.45) is -0.583. The lowest BCUT2D eigenvalue weighted by Gasteiger charge is -2.37. The minimum Gasteiger partial charge on any atom is -0.495 e. The normalized spacial score (nSPS) is 14.1. The molecular weight excluding hydrogens is 547 g/mol. The van der Waals surface area contributed by atoms with Gasteiger partial charge < -0.3 is 24.2 Å². The van der Waals surface area contributed by atoms with Crippen LogP contribution in [0, 0.1) is 6.92 Å². The van der Waals surface area contributed by atoms with Gasteiger partial charge in [-0.1, -0.05) is 66.7 Å². The number of nitrogens with zero attached hydrogens (tertiary/aromatic N) is 2. The lowest BCUT2D eigenvalue weighted by Crippen LogP contribution is -2.49. The van der Waals surface area contributed by atoms with Crippen molar-refractivity contribution in [2.45, 2.75) is 19.6 Å². The van der Waals surface area contributed by atoms with Gasteiger partial charge in [-0.2, -0.15) is 0 Å². The number of benzene rings is 4. The summed E-state index contributed by atoms with van der Waals surface area (Å²) < 4.78 is 18.0. The topological polar surface area (TPSA) is 54.4 Å². The number of hydrogen-bond donors (Lipinski definition) is 1. The van der Waals surface area contributed by atoms with Crippen molar-refractivity contribution in [3.63, 3.8) is 0 Å². The second kappa shape index (κ2) is 15.0. The summed E-state index contributed by atoms with van der Waals surface area (Å²) in [6, 6.07) is 28.4. The smallest absolute Gasteiger partial charge is 0.142 e. The number of aliphatic hydroxyl groups is 1. The van der Waals surface area contributed by atoms with Crippen LogP contribution in [0.3, 0.4) is 0 Å². The van der Waals surface area contributed by atoms with Crippen molar-refractivity contribution in [1.82, 2.24) is 4.90 Å². The van der Waals surface area contributed by atoms with E-state index in [1.807, 2.05) is 67.6 Å². The molecule has 0 aromatic heterocycles. The molecule has 1 saturated heterocycles. The maximum atomic E-state index is 10.8. The fourth-order valence-corrected chi connectivity index (χ4v) is 5.09. The highest BCUT2D eigenvalue weighted by Crippen LogP contribution is 2.37. The average molecular weight is 586 g/mol. The van der Waals surface area contributed by atoms with Gasteiger partial charge in [-0.15, -0.1) is 24.8 Å². The third-order valence-corrected chi connectivity index (χ3v) is 7.07. The fourth-order valence-electron chi connectivity index (χ4n) is 5.09. The number of aryl methyl sites for hydroxylation is 1. The summed E-state index contributed by atoms with van der Waals surface area (Å²) in [4.78, 5) is 4.64. The van der Waals surface area contributed by atoms with E-state index in [1.165, 1.54) is 0 Å². The first-order chi connectivity index (χ1) is 18.6. The van der Waals surface area contributed by atoms with Crippen molar-refractivity contribution in [3.8, 4) is 17.2 Å². The maximum Gasteiger partial charge on any atom is 0.142 e. The van der Waals surface area contributed by atoms with Gasteiger partial charge in [0.2, 0.25) is 0 Å². The molecule has 214 valence electrons. The van der Waals surface area contributed by atoms with E-state index in [0.29, 0.717) is 13.2 Å². The summed E-state index contributed by atoms with van der Waals surface area (Å²) in [6.45, 7) is 6.90. The van der Waals surface area contributed by atoms with Crippen LogP contribution in [0.5, 0.6) is 17.2 Å². The quantitative estimate of drug-likeness (QED) is 0.241. The van der Waals surface area contributed by atoms with E-state index in [0.717, 1.165) is 71.0 Å². The number of anilines is 1. The summed E-state index contributed by atoms with van der Waals surface area (Å²) in [5.74, 6) is 2.53. The lowest BCUT2D eigenvalue weighted by atomic mass is 10.0. The summed E-state index contributed by atoms with van der Waals surface area (Å²) in [7, 11) is 1.71. The molecule has 0 saturated carbocycles. The zero-order valence-corrected chi connectivity index (χ0v) is 24.6. The Bertz CT molecular complexity index is 1350. The molecule has 0 aliphatic carbocycles. The highest BCUT2D eigenvalue weighted by atomic mass is 35.5. The zero-order chi connectivity index (χ0) is 26.3. The van der Waals surface area contributed by atoms with Crippen molar-refractivity contribution < 1.29 is 19.3 Å². The van der Waals surface area contributed by atoms with E-state index < -0.39 is 6.10 Å². The number of fused-ring (bicyclic) bond motifs is 1. The Balaban J connectivity index is 0.00000220. The number of para-hydroxylation sites is 2. The first kappa shape index (κ1) is 31.4. The first-order valence-electron chi connectivity index (χ1n) is 13.2. The third-order valence-electron chi connectivity index (χ3n) is 7.07. The molecule has 4 aromatic rings. The van der Waals surface area contributed by atoms with E-state index >= 15 is 0 Å². The highest BCUT2D eigenvalue weighted by molar-refractivity contribution is 5.94. The van der Waals surface area contributed by atoms with Crippen LogP contribution < -0.4 is 19.1 Å². The van der Waals surface area contributed by atoms with E-state index in [2.05, 4.69) is 34.1 Å². The van der Waals surface area contributed by atoms with Gasteiger partial charge in [0.1, 0.15) is 36.6 Å². The number of piperazine rings is 1. The summed E-state index contributed by atoms with van der Waals surface area (Å²) in [5, 5.41) is 12.8. The Morgan fingerprint density at radius 2 is 1.43 bits per heavy atom. The van der Waals surface area contributed by atoms with E-state index in [9.17, 15) is 5.11 Å². The molecule has 1 N–H and O–H groups in total. The lowest BCUT2D eigenvalue weighted by molar-refractivity contribution is 0.0668. The number of hydrogen-bond acceptors (Lipinski definition) is 6. The monoisotopic (exact) mass is 584 g/mol. The molecule has 1 unspecified atom stereocenters. The first-order valence-corrected chi connectivity index (χ1v) is 13.2. The molecule has 0 radical (unpaired) electrons. The fraction of sp³-hybridized carbons (Fsp3) is 0.312. The Morgan fingerprint density at radius 1 is 0.775 bits per heavy atom. The molecule has 40 heavy (non-hydrogen) atoms. The van der Waals surface area contributed by atoms with Crippen molar-refractivity contribution in [1.29, 1.82) is 0 Å². The minimum atomic E-state index is -0.583. The molecule has 0 bridgehead atoms. The average Bonchev–Trinajstić information content (AvgIpc) is 2.96. The molecule has 1 atom stereocenters. The molecule has 1 heterocycles. The zero-order valence-electron chi connectivity index (χ0n) is 23.0. The molecule has 1 fully saturated rings. The van der Waals surface area contributed by atoms with Gasteiger partial charge in [0.25, 0.3) is 0 Å². The molecule has 1 aliphatic rings. The molecule has 8 heteroatoms. The van der Waals surface area contributed by atoms with E-state index in [-0.39, 0.29) is 31.4 Å². The highest BCUT2D eigenvalue weighted by Gasteiger charge is 2.22. The van der Waals surface area contributed by atoms with Gasteiger partial charge in [-0.25, -0.2) is 0 Å². The molecule has 5 rings (SSSR count). The van der Waals surface area contributed by atoms with Crippen LogP contribution in [0.1, 0.15) is 11.1 Å². The van der Waals surface area contributed by atoms with Gasteiger partial charge in [0.05, 0.1) is 12.8 Å². The van der Waals surface area contributed by atoms with E-state index in [4.69, 9.17) is 14.2 Å². The number of methoxy groups -OCH3 is 1. The largest absolute Gasteiger partial charge is 0.495 e. The van der Waals surface area contributed by atoms with Gasteiger partial charge in [-0.3, -0.25) is 4.90 Å². The van der Waals surface area contributed by atoms with Crippen LogP contribution >= 0.6 is 24.8 Å². The Kier molecular flexibility index (Phi) is 11.8. The van der Waals surface area contributed by atoms with Crippen molar-refractivity contribution in [3.05, 3.63) is 96.1 Å². The number of β-amino-alcohol motifs (C(OH)–C–C–N with tert-alkyl or cyclic N) is 1. The van der Waals surface area contributed by atoms with Crippen molar-refractivity contribution >= 4 is 41.3 Å². The van der Waals surface area contributed by atoms with Crippen LogP contribution in [-0.2, 0) is 6.61 Å². The molecule has 0 spiro atoms. The number of rotatable bonds is 10. The van der Waals surface area contributed by atoms with Crippen LogP contribution in [0.25, 0.3) is 10.8 Å². The number of aliphatic hydroxyl groups excluding tert-OH is 1. The van der Waals surface area contributed by atoms with Crippen LogP contribution in [0.2, 0.25) is 0 Å². The molecule has 6 nitrogen and oxygen atoms in total. The van der Waals surface area contributed by atoms with Crippen molar-refractivity contribution in [2.75, 3.05) is 51.3 Å². The third kappa shape index (κ3) is 7.52. The van der Waals surface area contributed by atoms with Gasteiger partial charge in [0.15, 0.2) is 0 Å². The van der Waals surface area contributed by atoms with Gasteiger partial charge >= 0.3 is 0 Å². The van der Waals surface area contributed by atoms with Crippen LogP contribution in [0.4, 0.5) is 5.69 Å². The predicted octanol–water partition coefficient (Wildman–Crippen LogP) is 6.14. The molecule has 0 amide bonds. The summed E-state index contributed by atoms with van der Waals surface area (Å²) in [5.41, 5.74) is 3.26. The van der Waals surface area contributed by atoms with Gasteiger partial charge in [0, 0.05) is 43.5 Å². The summed E-state index contributed by atoms with van der Waals surface area (Å²) >= 11 is 0. The maximum absolute atomic E-state index is 10.8. The Labute approximate surface area is 249 Å². The predicted molar refractivity (Wildman–Crippen MR) is 167 cm³/mol. The second-order valence-corrected chi connectivity index (χ2v) is 9.76. The second-order valence-electron chi connectivity index (χ2n) is 9.76. The van der Waals surface area contributed by atoms with Crippen molar-refractivity contribution in [2.24, 2.45) is 0 Å². The number of halogens is 2. The minimum absolute atomic E-state index is 0. The Morgan fingerprint density at radius 3 is 2.15 bits per heavy atom. The van der Waals surface area contributed by atoms with Gasteiger partial charge in [-0.05, 0) is 36.2 Å². The van der Waals surface area contributed by atoms with Crippen LogP contribution in [0.15, 0.2) is 84.9 Å². The molecule has 4 aromatic carbocycles. The molecular formula is C32H38Cl2N2O4. The van der Waals surface area contributed by atoms with E-state index in [1.54, 1.807) is 7.11 Å². The number of ether oxygens (including phenoxy) is 3. The standard InChI is InChI=1S/C32H36N2O4.2ClH/c1-24-20-31(27-12-6-7-13-28(27)32(24)38-22-25-10-4-3-5-11-25)37-23-26(35)21-33-16-18-34(19-17-33)29-14-8-9-15-30(29)36-2;;/h3-15,20,26,35H,16-19,21-23H2,1-2H3;2*1H. The van der Waals surface area contributed by atoms with Crippen LogP contribution in [-0.4, -0.2) is 62.6 Å².